The van der Waals surface area contributed by atoms with Gasteiger partial charge < -0.3 is 10.4 Å². The number of carbonyl (C=O) groups is 2. The highest BCUT2D eigenvalue weighted by Crippen LogP contribution is 2.44. The van der Waals surface area contributed by atoms with Crippen molar-refractivity contribution in [1.82, 2.24) is 5.32 Å². The lowest BCUT2D eigenvalue weighted by Gasteiger charge is -2.25. The number of fused-ring (bicyclic) bond motifs is 2. The van der Waals surface area contributed by atoms with Gasteiger partial charge in [-0.2, -0.15) is 0 Å². The third-order valence-electron chi connectivity index (χ3n) is 4.27. The minimum atomic E-state index is -0.971. The summed E-state index contributed by atoms with van der Waals surface area (Å²) in [6.45, 7) is 3.19. The molecule has 2 rings (SSSR count). The van der Waals surface area contributed by atoms with Crippen molar-refractivity contribution in [2.24, 2.45) is 17.3 Å². The van der Waals surface area contributed by atoms with Gasteiger partial charge in [-0.05, 0) is 44.9 Å². The number of carbonyl (C=O) groups excluding carboxylic acids is 1. The number of nitrogens with one attached hydrogen (secondary N) is 1. The minimum Gasteiger partial charge on any atom is -0.481 e. The van der Waals surface area contributed by atoms with Gasteiger partial charge in [-0.3, -0.25) is 9.59 Å². The monoisotopic (exact) mass is 239 g/mol. The molecule has 4 nitrogen and oxygen atoms in total. The lowest BCUT2D eigenvalue weighted by atomic mass is 9.88. The first-order valence-corrected chi connectivity index (χ1v) is 6.41. The number of hydrogen-bond donors (Lipinski definition) is 2. The van der Waals surface area contributed by atoms with Crippen molar-refractivity contribution < 1.29 is 14.7 Å². The number of hydrogen-bond acceptors (Lipinski definition) is 2. The molecule has 2 fully saturated rings. The van der Waals surface area contributed by atoms with Crippen molar-refractivity contribution in [1.29, 1.82) is 0 Å². The quantitative estimate of drug-likeness (QED) is 0.786. The molecule has 0 heterocycles. The molecule has 0 aliphatic heterocycles. The van der Waals surface area contributed by atoms with Gasteiger partial charge in [0.25, 0.3) is 0 Å². The molecule has 2 aliphatic carbocycles. The van der Waals surface area contributed by atoms with Crippen molar-refractivity contribution in [3.8, 4) is 0 Å². The summed E-state index contributed by atoms with van der Waals surface area (Å²) in [6, 6.07) is 0.297. The fourth-order valence-corrected chi connectivity index (χ4v) is 3.16. The van der Waals surface area contributed by atoms with E-state index in [0.717, 1.165) is 12.3 Å². The van der Waals surface area contributed by atoms with Crippen LogP contribution in [0.4, 0.5) is 0 Å². The molecule has 2 N–H and O–H groups in total. The lowest BCUT2D eigenvalue weighted by Crippen LogP contribution is -2.41. The highest BCUT2D eigenvalue weighted by atomic mass is 16.4. The second-order valence-electron chi connectivity index (χ2n) is 6.21. The average Bonchev–Trinajstić information content (AvgIpc) is 2.77. The molecule has 0 aromatic carbocycles. The van der Waals surface area contributed by atoms with Crippen LogP contribution in [0.15, 0.2) is 0 Å². The van der Waals surface area contributed by atoms with E-state index in [2.05, 4.69) is 5.32 Å². The number of rotatable bonds is 4. The van der Waals surface area contributed by atoms with E-state index in [4.69, 9.17) is 5.11 Å². The molecule has 4 heteroatoms. The zero-order chi connectivity index (χ0) is 12.6. The molecule has 0 aromatic rings. The maximum absolute atomic E-state index is 11.8. The van der Waals surface area contributed by atoms with Crippen LogP contribution in [-0.2, 0) is 9.59 Å². The first-order valence-electron chi connectivity index (χ1n) is 6.41. The van der Waals surface area contributed by atoms with Gasteiger partial charge in [-0.1, -0.05) is 6.42 Å². The molecule has 0 aromatic heterocycles. The molecule has 2 saturated carbocycles. The second kappa shape index (κ2) is 4.31. The first-order chi connectivity index (χ1) is 7.88. The Labute approximate surface area is 102 Å². The van der Waals surface area contributed by atoms with E-state index in [1.807, 2.05) is 0 Å². The van der Waals surface area contributed by atoms with Crippen LogP contribution in [0.5, 0.6) is 0 Å². The fraction of sp³-hybridized carbons (Fsp3) is 0.846. The normalized spacial score (nSPS) is 31.5. The van der Waals surface area contributed by atoms with Crippen LogP contribution >= 0.6 is 0 Å². The van der Waals surface area contributed by atoms with Crippen LogP contribution in [-0.4, -0.2) is 23.0 Å². The van der Waals surface area contributed by atoms with Crippen LogP contribution < -0.4 is 5.32 Å². The highest BCUT2D eigenvalue weighted by Gasteiger charge is 2.40. The SMILES string of the molecule is CC(C)(CC(=O)NC1CC2CCC1C2)C(=O)O. The predicted octanol–water partition coefficient (Wildman–Crippen LogP) is 1.79. The van der Waals surface area contributed by atoms with Crippen molar-refractivity contribution >= 4 is 11.9 Å². The largest absolute Gasteiger partial charge is 0.481 e. The minimum absolute atomic E-state index is 0.0657. The smallest absolute Gasteiger partial charge is 0.309 e. The summed E-state index contributed by atoms with van der Waals surface area (Å²) in [6.07, 6.45) is 4.92. The van der Waals surface area contributed by atoms with Gasteiger partial charge >= 0.3 is 5.97 Å². The van der Waals surface area contributed by atoms with E-state index in [9.17, 15) is 9.59 Å². The van der Waals surface area contributed by atoms with Gasteiger partial charge in [0, 0.05) is 12.5 Å². The molecule has 0 radical (unpaired) electrons. The molecule has 2 bridgehead atoms. The Morgan fingerprint density at radius 3 is 2.47 bits per heavy atom. The standard InChI is InChI=1S/C13H21NO3/c1-13(2,12(16)17)7-11(15)14-10-6-8-3-4-9(10)5-8/h8-10H,3-7H2,1-2H3,(H,14,15)(H,16,17). The van der Waals surface area contributed by atoms with E-state index < -0.39 is 11.4 Å². The molecule has 0 spiro atoms. The molecule has 17 heavy (non-hydrogen) atoms. The van der Waals surface area contributed by atoms with Crippen LogP contribution in [0.25, 0.3) is 0 Å². The maximum Gasteiger partial charge on any atom is 0.309 e. The van der Waals surface area contributed by atoms with E-state index in [0.29, 0.717) is 12.0 Å². The lowest BCUT2D eigenvalue weighted by molar-refractivity contribution is -0.149. The molecule has 3 unspecified atom stereocenters. The van der Waals surface area contributed by atoms with Crippen molar-refractivity contribution in [3.05, 3.63) is 0 Å². The molecule has 2 aliphatic rings. The Kier molecular flexibility index (Phi) is 3.15. The summed E-state index contributed by atoms with van der Waals surface area (Å²) >= 11 is 0. The Balaban J connectivity index is 1.84. The summed E-state index contributed by atoms with van der Waals surface area (Å²) in [5, 5.41) is 12.0. The molecule has 1 amide bonds. The summed E-state index contributed by atoms with van der Waals surface area (Å²) in [4.78, 5) is 22.8. The fourth-order valence-electron chi connectivity index (χ4n) is 3.16. The number of aliphatic carboxylic acids is 1. The van der Waals surface area contributed by atoms with Crippen molar-refractivity contribution in [3.63, 3.8) is 0 Å². The van der Waals surface area contributed by atoms with Crippen LogP contribution in [0, 0.1) is 17.3 Å². The van der Waals surface area contributed by atoms with Crippen LogP contribution in [0.1, 0.15) is 46.0 Å². The van der Waals surface area contributed by atoms with E-state index >= 15 is 0 Å². The number of carboxylic acid groups (broad SMARTS) is 1. The predicted molar refractivity (Wildman–Crippen MR) is 63.4 cm³/mol. The second-order valence-corrected chi connectivity index (χ2v) is 6.21. The Morgan fingerprint density at radius 2 is 2.00 bits per heavy atom. The van der Waals surface area contributed by atoms with Gasteiger partial charge in [-0.15, -0.1) is 0 Å². The van der Waals surface area contributed by atoms with E-state index in [1.165, 1.54) is 19.3 Å². The Bertz CT molecular complexity index is 338. The molecule has 3 atom stereocenters. The topological polar surface area (TPSA) is 66.4 Å². The van der Waals surface area contributed by atoms with Gasteiger partial charge in [0.1, 0.15) is 0 Å². The Morgan fingerprint density at radius 1 is 1.29 bits per heavy atom. The summed E-state index contributed by atoms with van der Waals surface area (Å²) in [7, 11) is 0. The molecule has 0 saturated heterocycles. The van der Waals surface area contributed by atoms with Crippen molar-refractivity contribution in [2.45, 2.75) is 52.0 Å². The molecular weight excluding hydrogens is 218 g/mol. The van der Waals surface area contributed by atoms with Gasteiger partial charge in [0.2, 0.25) is 5.91 Å². The summed E-state index contributed by atoms with van der Waals surface area (Å²) in [5.41, 5.74) is -0.971. The number of carboxylic acids is 1. The maximum atomic E-state index is 11.8. The van der Waals surface area contributed by atoms with Gasteiger partial charge in [0.05, 0.1) is 5.41 Å². The Hall–Kier alpha value is -1.06. The van der Waals surface area contributed by atoms with Crippen LogP contribution in [0.2, 0.25) is 0 Å². The third kappa shape index (κ3) is 2.61. The van der Waals surface area contributed by atoms with Crippen LogP contribution in [0.3, 0.4) is 0 Å². The zero-order valence-electron chi connectivity index (χ0n) is 10.5. The molecular formula is C13H21NO3. The summed E-state index contributed by atoms with van der Waals surface area (Å²) < 4.78 is 0. The van der Waals surface area contributed by atoms with E-state index in [-0.39, 0.29) is 12.3 Å². The molecule has 96 valence electrons. The summed E-state index contributed by atoms with van der Waals surface area (Å²) in [5.74, 6) is 0.394. The zero-order valence-corrected chi connectivity index (χ0v) is 10.5. The van der Waals surface area contributed by atoms with E-state index in [1.54, 1.807) is 13.8 Å². The average molecular weight is 239 g/mol. The highest BCUT2D eigenvalue weighted by molar-refractivity contribution is 5.84. The van der Waals surface area contributed by atoms with Crippen molar-refractivity contribution in [2.75, 3.05) is 0 Å². The van der Waals surface area contributed by atoms with Gasteiger partial charge in [-0.25, -0.2) is 0 Å². The van der Waals surface area contributed by atoms with Gasteiger partial charge in [0.15, 0.2) is 0 Å². The first kappa shape index (κ1) is 12.4. The number of amides is 1. The third-order valence-corrected chi connectivity index (χ3v) is 4.27.